The van der Waals surface area contributed by atoms with Crippen molar-refractivity contribution < 1.29 is 0 Å². The molecule has 1 aliphatic rings. The molecule has 1 atom stereocenters. The number of rotatable bonds is 4. The number of nitrogens with two attached hydrogens (primary N) is 1. The van der Waals surface area contributed by atoms with Gasteiger partial charge in [-0.25, -0.2) is 4.79 Å². The van der Waals surface area contributed by atoms with Gasteiger partial charge in [-0.15, -0.1) is 0 Å². The van der Waals surface area contributed by atoms with Crippen LogP contribution in [0.25, 0.3) is 0 Å². The van der Waals surface area contributed by atoms with Crippen LogP contribution in [-0.2, 0) is 13.1 Å². The highest BCUT2D eigenvalue weighted by Gasteiger charge is 2.18. The van der Waals surface area contributed by atoms with Crippen LogP contribution in [0.1, 0.15) is 30.9 Å². The molecule has 24 heavy (non-hydrogen) atoms. The molecule has 0 amide bonds. The van der Waals surface area contributed by atoms with Gasteiger partial charge in [0.1, 0.15) is 5.82 Å². The van der Waals surface area contributed by atoms with Gasteiger partial charge < -0.3 is 5.73 Å². The van der Waals surface area contributed by atoms with Crippen molar-refractivity contribution in [2.24, 2.45) is 5.92 Å². The van der Waals surface area contributed by atoms with Crippen LogP contribution in [0.5, 0.6) is 0 Å². The standard InChI is InChI=1S/C18H23BrN4O/c1-13-5-4-8-22(9-13)10-15-12-23(18(24)21-17(15)20)11-14-6-2-3-7-16(14)19/h2-3,6-7,12-13H,4-5,8-11H2,1H3,(H2,20,21,24). The zero-order valence-electron chi connectivity index (χ0n) is 13.9. The van der Waals surface area contributed by atoms with Crippen LogP contribution in [0.4, 0.5) is 5.82 Å². The number of hydrogen-bond acceptors (Lipinski definition) is 4. The average Bonchev–Trinajstić information content (AvgIpc) is 2.54. The Kier molecular flexibility index (Phi) is 5.36. The second kappa shape index (κ2) is 7.49. The fourth-order valence-corrected chi connectivity index (χ4v) is 3.68. The molecular weight excluding hydrogens is 368 g/mol. The maximum Gasteiger partial charge on any atom is 0.349 e. The minimum atomic E-state index is -0.306. The number of aromatic nitrogens is 2. The maximum absolute atomic E-state index is 12.2. The molecule has 2 aromatic rings. The molecule has 1 aromatic carbocycles. The highest BCUT2D eigenvalue weighted by molar-refractivity contribution is 9.10. The number of halogens is 1. The molecule has 1 aromatic heterocycles. The first kappa shape index (κ1) is 17.2. The Morgan fingerprint density at radius 2 is 2.08 bits per heavy atom. The fraction of sp³-hybridized carbons (Fsp3) is 0.444. The summed E-state index contributed by atoms with van der Waals surface area (Å²) in [7, 11) is 0. The Labute approximate surface area is 150 Å². The summed E-state index contributed by atoms with van der Waals surface area (Å²) >= 11 is 3.53. The van der Waals surface area contributed by atoms with Crippen molar-refractivity contribution in [2.45, 2.75) is 32.9 Å². The molecule has 128 valence electrons. The Hall–Kier alpha value is -1.66. The number of benzene rings is 1. The van der Waals surface area contributed by atoms with Crippen molar-refractivity contribution >= 4 is 21.7 Å². The van der Waals surface area contributed by atoms with E-state index in [-0.39, 0.29) is 5.69 Å². The average molecular weight is 391 g/mol. The van der Waals surface area contributed by atoms with E-state index < -0.39 is 0 Å². The van der Waals surface area contributed by atoms with Crippen molar-refractivity contribution in [3.05, 3.63) is 56.5 Å². The predicted molar refractivity (Wildman–Crippen MR) is 99.8 cm³/mol. The summed E-state index contributed by atoms with van der Waals surface area (Å²) < 4.78 is 2.62. The van der Waals surface area contributed by atoms with Crippen molar-refractivity contribution in [3.8, 4) is 0 Å². The van der Waals surface area contributed by atoms with Crippen LogP contribution in [0.15, 0.2) is 39.7 Å². The lowest BCUT2D eigenvalue weighted by Crippen LogP contribution is -2.35. The van der Waals surface area contributed by atoms with Crippen LogP contribution in [0.2, 0.25) is 0 Å². The van der Waals surface area contributed by atoms with Gasteiger partial charge in [-0.1, -0.05) is 41.1 Å². The van der Waals surface area contributed by atoms with Gasteiger partial charge in [-0.3, -0.25) is 9.47 Å². The van der Waals surface area contributed by atoms with Gasteiger partial charge in [0.15, 0.2) is 0 Å². The van der Waals surface area contributed by atoms with Crippen molar-refractivity contribution in [2.75, 3.05) is 18.8 Å². The quantitative estimate of drug-likeness (QED) is 0.871. The van der Waals surface area contributed by atoms with Crippen LogP contribution in [0.3, 0.4) is 0 Å². The molecule has 0 saturated carbocycles. The molecule has 5 nitrogen and oxygen atoms in total. The summed E-state index contributed by atoms with van der Waals surface area (Å²) in [6, 6.07) is 7.90. The fourth-order valence-electron chi connectivity index (χ4n) is 3.26. The van der Waals surface area contributed by atoms with E-state index in [2.05, 4.69) is 32.7 Å². The summed E-state index contributed by atoms with van der Waals surface area (Å²) in [6.45, 7) is 5.66. The lowest BCUT2D eigenvalue weighted by Gasteiger charge is -2.31. The van der Waals surface area contributed by atoms with Crippen LogP contribution < -0.4 is 11.4 Å². The SMILES string of the molecule is CC1CCCN(Cc2cn(Cc3ccccc3Br)c(=O)nc2N)C1. The first-order valence-electron chi connectivity index (χ1n) is 8.34. The van der Waals surface area contributed by atoms with Crippen molar-refractivity contribution in [1.82, 2.24) is 14.5 Å². The number of nitrogen functional groups attached to an aromatic ring is 1. The molecule has 2 N–H and O–H groups in total. The first-order valence-corrected chi connectivity index (χ1v) is 9.14. The van der Waals surface area contributed by atoms with E-state index in [1.807, 2.05) is 30.5 Å². The van der Waals surface area contributed by atoms with E-state index >= 15 is 0 Å². The topological polar surface area (TPSA) is 64.2 Å². The lowest BCUT2D eigenvalue weighted by atomic mass is 10.00. The molecule has 0 spiro atoms. The minimum absolute atomic E-state index is 0.306. The lowest BCUT2D eigenvalue weighted by molar-refractivity contribution is 0.176. The largest absolute Gasteiger partial charge is 0.383 e. The molecule has 3 rings (SSSR count). The maximum atomic E-state index is 12.2. The Morgan fingerprint density at radius 3 is 2.83 bits per heavy atom. The van der Waals surface area contributed by atoms with E-state index in [1.54, 1.807) is 4.57 Å². The van der Waals surface area contributed by atoms with Gasteiger partial charge in [0.25, 0.3) is 0 Å². The molecule has 6 heteroatoms. The molecule has 0 aliphatic carbocycles. The zero-order chi connectivity index (χ0) is 17.1. The van der Waals surface area contributed by atoms with E-state index in [0.717, 1.165) is 35.2 Å². The minimum Gasteiger partial charge on any atom is -0.383 e. The Bertz CT molecular complexity index is 774. The number of likely N-dealkylation sites (tertiary alicyclic amines) is 1. The Morgan fingerprint density at radius 1 is 1.29 bits per heavy atom. The summed E-state index contributed by atoms with van der Waals surface area (Å²) in [4.78, 5) is 18.6. The van der Waals surface area contributed by atoms with E-state index in [0.29, 0.717) is 18.3 Å². The second-order valence-electron chi connectivity index (χ2n) is 6.64. The van der Waals surface area contributed by atoms with E-state index in [9.17, 15) is 4.79 Å². The normalized spacial score (nSPS) is 18.7. The Balaban J connectivity index is 1.83. The van der Waals surface area contributed by atoms with Crippen molar-refractivity contribution in [1.29, 1.82) is 0 Å². The molecule has 0 radical (unpaired) electrons. The van der Waals surface area contributed by atoms with Crippen LogP contribution in [-0.4, -0.2) is 27.5 Å². The molecule has 1 fully saturated rings. The van der Waals surface area contributed by atoms with Gasteiger partial charge in [-0.05, 0) is 36.9 Å². The molecular formula is C18H23BrN4O. The smallest absolute Gasteiger partial charge is 0.349 e. The monoisotopic (exact) mass is 390 g/mol. The van der Waals surface area contributed by atoms with Gasteiger partial charge in [0.2, 0.25) is 0 Å². The van der Waals surface area contributed by atoms with Gasteiger partial charge >= 0.3 is 5.69 Å². The molecule has 1 aliphatic heterocycles. The number of hydrogen-bond donors (Lipinski definition) is 1. The molecule has 1 unspecified atom stereocenters. The second-order valence-corrected chi connectivity index (χ2v) is 7.49. The van der Waals surface area contributed by atoms with Gasteiger partial charge in [-0.2, -0.15) is 4.98 Å². The summed E-state index contributed by atoms with van der Waals surface area (Å²) in [5.41, 5.74) is 7.67. The zero-order valence-corrected chi connectivity index (χ0v) is 15.5. The molecule has 0 bridgehead atoms. The molecule has 2 heterocycles. The number of piperidine rings is 1. The van der Waals surface area contributed by atoms with Crippen molar-refractivity contribution in [3.63, 3.8) is 0 Å². The highest BCUT2D eigenvalue weighted by Crippen LogP contribution is 2.20. The van der Waals surface area contributed by atoms with Gasteiger partial charge in [0.05, 0.1) is 6.54 Å². The third kappa shape index (κ3) is 4.05. The number of anilines is 1. The first-order chi connectivity index (χ1) is 11.5. The summed E-state index contributed by atoms with van der Waals surface area (Å²) in [5, 5.41) is 0. The third-order valence-electron chi connectivity index (χ3n) is 4.54. The van der Waals surface area contributed by atoms with E-state index in [1.165, 1.54) is 12.8 Å². The van der Waals surface area contributed by atoms with Crippen LogP contribution in [0, 0.1) is 5.92 Å². The third-order valence-corrected chi connectivity index (χ3v) is 5.31. The summed E-state index contributed by atoms with van der Waals surface area (Å²) in [5.74, 6) is 1.06. The number of nitrogens with zero attached hydrogens (tertiary/aromatic N) is 3. The predicted octanol–water partition coefficient (Wildman–Crippen LogP) is 2.87. The van der Waals surface area contributed by atoms with Crippen LogP contribution >= 0.6 is 15.9 Å². The van der Waals surface area contributed by atoms with Gasteiger partial charge in [0, 0.05) is 29.3 Å². The van der Waals surface area contributed by atoms with E-state index in [4.69, 9.17) is 5.73 Å². The molecule has 1 saturated heterocycles. The summed E-state index contributed by atoms with van der Waals surface area (Å²) in [6.07, 6.45) is 4.36. The highest BCUT2D eigenvalue weighted by atomic mass is 79.9.